The van der Waals surface area contributed by atoms with Gasteiger partial charge in [0.1, 0.15) is 5.60 Å². The van der Waals surface area contributed by atoms with Gasteiger partial charge in [0.2, 0.25) is 0 Å². The molecule has 0 fully saturated rings. The summed E-state index contributed by atoms with van der Waals surface area (Å²) < 4.78 is 5.93. The van der Waals surface area contributed by atoms with Gasteiger partial charge in [-0.15, -0.1) is 0 Å². The van der Waals surface area contributed by atoms with Gasteiger partial charge in [-0.25, -0.2) is 10.8 Å². The van der Waals surface area contributed by atoms with Crippen LogP contribution in [0.25, 0.3) is 0 Å². The summed E-state index contributed by atoms with van der Waals surface area (Å²) in [5.74, 6) is 5.35. The van der Waals surface area contributed by atoms with Crippen molar-refractivity contribution in [1.29, 1.82) is 0 Å². The lowest BCUT2D eigenvalue weighted by Gasteiger charge is -2.24. The van der Waals surface area contributed by atoms with Crippen LogP contribution >= 0.6 is 11.3 Å². The van der Waals surface area contributed by atoms with Crippen molar-refractivity contribution >= 4 is 16.5 Å². The standard InChI is InChI=1S/C9H15N3OS/c1-8(2)5-6(9(3,4)13-8)14-7(11-5)12-10/h10H2,1-4H3,(H,11,12). The molecule has 5 heteroatoms. The number of aromatic nitrogens is 1. The highest BCUT2D eigenvalue weighted by molar-refractivity contribution is 7.15. The Morgan fingerprint density at radius 1 is 1.29 bits per heavy atom. The lowest BCUT2D eigenvalue weighted by molar-refractivity contribution is -0.105. The van der Waals surface area contributed by atoms with E-state index >= 15 is 0 Å². The highest BCUT2D eigenvalue weighted by atomic mass is 32.1. The number of hydrogen-bond donors (Lipinski definition) is 2. The van der Waals surface area contributed by atoms with Gasteiger partial charge in [0, 0.05) is 0 Å². The van der Waals surface area contributed by atoms with Crippen LogP contribution in [-0.4, -0.2) is 4.98 Å². The van der Waals surface area contributed by atoms with Gasteiger partial charge in [-0.05, 0) is 27.7 Å². The SMILES string of the molecule is CC1(C)OC(C)(C)c2sc(NN)nc21. The molecule has 0 bridgehead atoms. The largest absolute Gasteiger partial charge is 0.358 e. The Labute approximate surface area is 87.4 Å². The quantitative estimate of drug-likeness (QED) is 0.553. The molecule has 2 rings (SSSR count). The van der Waals surface area contributed by atoms with Gasteiger partial charge in [-0.3, -0.25) is 5.43 Å². The first-order valence-corrected chi connectivity index (χ1v) is 5.37. The van der Waals surface area contributed by atoms with E-state index < -0.39 is 0 Å². The van der Waals surface area contributed by atoms with Crippen molar-refractivity contribution in [3.63, 3.8) is 0 Å². The number of fused-ring (bicyclic) bond motifs is 1. The molecule has 0 unspecified atom stereocenters. The van der Waals surface area contributed by atoms with Crippen LogP contribution in [0.3, 0.4) is 0 Å². The second-order valence-corrected chi connectivity index (χ2v) is 5.46. The Morgan fingerprint density at radius 2 is 1.93 bits per heavy atom. The van der Waals surface area contributed by atoms with E-state index in [1.165, 1.54) is 0 Å². The fourth-order valence-corrected chi connectivity index (χ4v) is 3.00. The van der Waals surface area contributed by atoms with Crippen LogP contribution < -0.4 is 11.3 Å². The number of anilines is 1. The van der Waals surface area contributed by atoms with Crippen molar-refractivity contribution in [2.24, 2.45) is 5.84 Å². The van der Waals surface area contributed by atoms with Crippen LogP contribution in [-0.2, 0) is 15.9 Å². The third-order valence-corrected chi connectivity index (χ3v) is 3.67. The van der Waals surface area contributed by atoms with E-state index in [-0.39, 0.29) is 11.2 Å². The molecule has 1 aliphatic rings. The molecule has 1 aliphatic heterocycles. The molecular formula is C9H15N3OS. The zero-order valence-electron chi connectivity index (χ0n) is 8.84. The summed E-state index contributed by atoms with van der Waals surface area (Å²) in [6, 6.07) is 0. The second-order valence-electron chi connectivity index (χ2n) is 4.46. The Balaban J connectivity index is 2.56. The van der Waals surface area contributed by atoms with E-state index in [0.717, 1.165) is 15.7 Å². The Hall–Kier alpha value is -0.650. The van der Waals surface area contributed by atoms with Crippen LogP contribution in [0.4, 0.5) is 5.13 Å². The molecule has 4 nitrogen and oxygen atoms in total. The predicted molar refractivity (Wildman–Crippen MR) is 57.1 cm³/mol. The van der Waals surface area contributed by atoms with Crippen LogP contribution in [0.15, 0.2) is 0 Å². The average Bonchev–Trinajstić information content (AvgIpc) is 2.51. The molecule has 1 aromatic rings. The van der Waals surface area contributed by atoms with Crippen LogP contribution in [0.2, 0.25) is 0 Å². The maximum atomic E-state index is 5.93. The number of rotatable bonds is 1. The number of nitrogens with two attached hydrogens (primary N) is 1. The van der Waals surface area contributed by atoms with Crippen LogP contribution in [0.5, 0.6) is 0 Å². The van der Waals surface area contributed by atoms with E-state index in [0.29, 0.717) is 0 Å². The Kier molecular flexibility index (Phi) is 1.90. The molecule has 0 radical (unpaired) electrons. The Morgan fingerprint density at radius 3 is 2.43 bits per heavy atom. The zero-order chi connectivity index (χ0) is 10.6. The van der Waals surface area contributed by atoms with Gasteiger partial charge in [0.05, 0.1) is 16.2 Å². The molecular weight excluding hydrogens is 198 g/mol. The summed E-state index contributed by atoms with van der Waals surface area (Å²) in [7, 11) is 0. The average molecular weight is 213 g/mol. The maximum Gasteiger partial charge on any atom is 0.197 e. The highest BCUT2D eigenvalue weighted by Crippen LogP contribution is 2.49. The fourth-order valence-electron chi connectivity index (χ4n) is 1.93. The third-order valence-electron chi connectivity index (χ3n) is 2.38. The van der Waals surface area contributed by atoms with Gasteiger partial charge >= 0.3 is 0 Å². The van der Waals surface area contributed by atoms with Crippen molar-refractivity contribution in [1.82, 2.24) is 4.98 Å². The summed E-state index contributed by atoms with van der Waals surface area (Å²) in [4.78, 5) is 5.58. The van der Waals surface area contributed by atoms with Gasteiger partial charge in [0.15, 0.2) is 5.13 Å². The van der Waals surface area contributed by atoms with Gasteiger partial charge in [-0.1, -0.05) is 11.3 Å². The minimum absolute atomic E-state index is 0.258. The van der Waals surface area contributed by atoms with Crippen molar-refractivity contribution in [3.05, 3.63) is 10.6 Å². The van der Waals surface area contributed by atoms with Crippen molar-refractivity contribution in [2.75, 3.05) is 5.43 Å². The van der Waals surface area contributed by atoms with Gasteiger partial charge in [0.25, 0.3) is 0 Å². The van der Waals surface area contributed by atoms with Crippen LogP contribution in [0, 0.1) is 0 Å². The first-order valence-electron chi connectivity index (χ1n) is 4.55. The van der Waals surface area contributed by atoms with Crippen molar-refractivity contribution in [3.8, 4) is 0 Å². The molecule has 3 N–H and O–H groups in total. The van der Waals surface area contributed by atoms with Gasteiger partial charge < -0.3 is 4.74 Å². The number of nitrogen functional groups attached to an aromatic ring is 1. The van der Waals surface area contributed by atoms with Crippen molar-refractivity contribution < 1.29 is 4.74 Å². The third kappa shape index (κ3) is 1.24. The molecule has 0 aliphatic carbocycles. The number of nitrogens with one attached hydrogen (secondary N) is 1. The topological polar surface area (TPSA) is 60.2 Å². The molecule has 0 saturated heterocycles. The first kappa shape index (κ1) is 9.89. The second kappa shape index (κ2) is 2.68. The maximum absolute atomic E-state index is 5.93. The zero-order valence-corrected chi connectivity index (χ0v) is 9.66. The molecule has 14 heavy (non-hydrogen) atoms. The predicted octanol–water partition coefficient (Wildman–Crippen LogP) is 1.93. The minimum atomic E-state index is -0.315. The van der Waals surface area contributed by atoms with E-state index in [1.54, 1.807) is 11.3 Å². The summed E-state index contributed by atoms with van der Waals surface area (Å²) in [6.45, 7) is 8.17. The van der Waals surface area contributed by atoms with E-state index in [2.05, 4.69) is 24.3 Å². The summed E-state index contributed by atoms with van der Waals surface area (Å²) in [5, 5.41) is 0.749. The number of ether oxygens (including phenoxy) is 1. The molecule has 0 saturated carbocycles. The number of nitrogens with zero attached hydrogens (tertiary/aromatic N) is 1. The Bertz CT molecular complexity index is 339. The highest BCUT2D eigenvalue weighted by Gasteiger charge is 2.46. The molecule has 1 aromatic heterocycles. The number of thiazole rings is 1. The molecule has 78 valence electrons. The normalized spacial score (nSPS) is 22.1. The summed E-state index contributed by atoms with van der Waals surface area (Å²) >= 11 is 1.56. The number of hydrazine groups is 1. The molecule has 2 heterocycles. The van der Waals surface area contributed by atoms with Crippen LogP contribution in [0.1, 0.15) is 38.3 Å². The van der Waals surface area contributed by atoms with Crippen molar-refractivity contribution in [2.45, 2.75) is 38.9 Å². The smallest absolute Gasteiger partial charge is 0.197 e. The number of hydrogen-bond acceptors (Lipinski definition) is 5. The van der Waals surface area contributed by atoms with E-state index in [1.807, 2.05) is 13.8 Å². The lowest BCUT2D eigenvalue weighted by atomic mass is 10.0. The molecule has 0 atom stereocenters. The minimum Gasteiger partial charge on any atom is -0.358 e. The monoisotopic (exact) mass is 213 g/mol. The van der Waals surface area contributed by atoms with E-state index in [4.69, 9.17) is 10.6 Å². The summed E-state index contributed by atoms with van der Waals surface area (Å²) in [6.07, 6.45) is 0. The molecule has 0 amide bonds. The lowest BCUT2D eigenvalue weighted by Crippen LogP contribution is -2.23. The van der Waals surface area contributed by atoms with E-state index in [9.17, 15) is 0 Å². The fraction of sp³-hybridized carbons (Fsp3) is 0.667. The first-order chi connectivity index (χ1) is 6.37. The molecule has 0 spiro atoms. The molecule has 0 aromatic carbocycles. The summed E-state index contributed by atoms with van der Waals surface area (Å²) in [5.41, 5.74) is 3.01. The van der Waals surface area contributed by atoms with Gasteiger partial charge in [-0.2, -0.15) is 0 Å².